The molecule has 1 aromatic carbocycles. The second-order valence-electron chi connectivity index (χ2n) is 5.86. The first kappa shape index (κ1) is 25.3. The molecule has 0 fully saturated rings. The van der Waals surface area contributed by atoms with Crippen LogP contribution in [0, 0.1) is 0 Å². The zero-order valence-electron chi connectivity index (χ0n) is 17.0. The van der Waals surface area contributed by atoms with Crippen LogP contribution in [-0.4, -0.2) is 31.7 Å². The van der Waals surface area contributed by atoms with Gasteiger partial charge in [0.15, 0.2) is 5.40 Å². The summed E-state index contributed by atoms with van der Waals surface area (Å²) in [5, 5.41) is -0.292. The Morgan fingerprint density at radius 1 is 0.889 bits per heavy atom. The molecule has 0 aliphatic rings. The molecule has 0 N–H and O–H groups in total. The SMILES string of the molecule is CCOP(=O)(OCC)C(c1ccc(SC(C)C)cc1)P(=S)(OCC)OCC. The molecular weight excluding hydrogens is 422 g/mol. The predicted molar refractivity (Wildman–Crippen MR) is 119 cm³/mol. The van der Waals surface area contributed by atoms with E-state index in [-0.39, 0.29) is 13.2 Å². The molecular formula is C18H32O5P2S2. The summed E-state index contributed by atoms with van der Waals surface area (Å²) in [7, 11) is -3.59. The summed E-state index contributed by atoms with van der Waals surface area (Å²) in [6.07, 6.45) is 0. The van der Waals surface area contributed by atoms with Gasteiger partial charge in [-0.2, -0.15) is 0 Å². The molecule has 0 amide bonds. The van der Waals surface area contributed by atoms with E-state index >= 15 is 0 Å². The summed E-state index contributed by atoms with van der Waals surface area (Å²) in [5.41, 5.74) is 0.763. The van der Waals surface area contributed by atoms with Crippen molar-refractivity contribution in [2.75, 3.05) is 26.4 Å². The van der Waals surface area contributed by atoms with Crippen molar-refractivity contribution in [3.8, 4) is 0 Å². The van der Waals surface area contributed by atoms with Crippen molar-refractivity contribution >= 4 is 37.7 Å². The molecule has 1 unspecified atom stereocenters. The van der Waals surface area contributed by atoms with Crippen molar-refractivity contribution in [1.82, 2.24) is 0 Å². The first-order valence-corrected chi connectivity index (χ1v) is 14.5. The normalized spacial score (nSPS) is 13.9. The highest BCUT2D eigenvalue weighted by atomic mass is 32.5. The number of rotatable bonds is 13. The highest BCUT2D eigenvalue weighted by molar-refractivity contribution is 8.12. The van der Waals surface area contributed by atoms with Gasteiger partial charge in [-0.1, -0.05) is 26.0 Å². The van der Waals surface area contributed by atoms with E-state index in [1.54, 1.807) is 25.6 Å². The molecule has 0 aliphatic heterocycles. The van der Waals surface area contributed by atoms with Gasteiger partial charge in [0.05, 0.1) is 26.4 Å². The van der Waals surface area contributed by atoms with Gasteiger partial charge in [0.25, 0.3) is 0 Å². The molecule has 0 spiro atoms. The third kappa shape index (κ3) is 7.24. The summed E-state index contributed by atoms with van der Waals surface area (Å²) in [4.78, 5) is 1.14. The average Bonchev–Trinajstić information content (AvgIpc) is 2.57. The number of hydrogen-bond acceptors (Lipinski definition) is 7. The van der Waals surface area contributed by atoms with Crippen molar-refractivity contribution in [3.05, 3.63) is 29.8 Å². The van der Waals surface area contributed by atoms with Crippen LogP contribution in [0.2, 0.25) is 0 Å². The Morgan fingerprint density at radius 2 is 1.33 bits per heavy atom. The number of thioether (sulfide) groups is 1. The molecule has 5 nitrogen and oxygen atoms in total. The maximum atomic E-state index is 13.7. The molecule has 1 atom stereocenters. The van der Waals surface area contributed by atoms with E-state index in [9.17, 15) is 4.57 Å². The molecule has 27 heavy (non-hydrogen) atoms. The second kappa shape index (κ2) is 12.1. The number of benzene rings is 1. The molecule has 0 saturated heterocycles. The Labute approximate surface area is 173 Å². The molecule has 0 heterocycles. The van der Waals surface area contributed by atoms with Gasteiger partial charge in [-0.25, -0.2) is 0 Å². The first-order valence-electron chi connectivity index (χ1n) is 9.30. The first-order chi connectivity index (χ1) is 12.8. The van der Waals surface area contributed by atoms with Gasteiger partial charge in [-0.15, -0.1) is 11.8 Å². The highest BCUT2D eigenvalue weighted by Crippen LogP contribution is 2.78. The monoisotopic (exact) mass is 454 g/mol. The van der Waals surface area contributed by atoms with E-state index in [0.29, 0.717) is 18.5 Å². The second-order valence-corrected chi connectivity index (χ2v) is 13.7. The third-order valence-electron chi connectivity index (χ3n) is 3.39. The Kier molecular flexibility index (Phi) is 11.3. The van der Waals surface area contributed by atoms with Crippen molar-refractivity contribution in [1.29, 1.82) is 0 Å². The van der Waals surface area contributed by atoms with Crippen molar-refractivity contribution < 1.29 is 22.7 Å². The van der Waals surface area contributed by atoms with E-state index in [2.05, 4.69) is 13.8 Å². The molecule has 9 heteroatoms. The lowest BCUT2D eigenvalue weighted by Gasteiger charge is -2.34. The van der Waals surface area contributed by atoms with Gasteiger partial charge in [0, 0.05) is 10.1 Å². The van der Waals surface area contributed by atoms with Gasteiger partial charge < -0.3 is 18.1 Å². The van der Waals surface area contributed by atoms with E-state index in [1.165, 1.54) is 0 Å². The molecule has 156 valence electrons. The van der Waals surface area contributed by atoms with Gasteiger partial charge in [0.2, 0.25) is 6.49 Å². The van der Waals surface area contributed by atoms with Crippen LogP contribution in [0.25, 0.3) is 0 Å². The topological polar surface area (TPSA) is 54.0 Å². The Hall–Kier alpha value is 0.290. The minimum atomic E-state index is -3.59. The Bertz CT molecular complexity index is 602. The zero-order chi connectivity index (χ0) is 20.5. The fraction of sp³-hybridized carbons (Fsp3) is 0.667. The van der Waals surface area contributed by atoms with Crippen molar-refractivity contribution in [2.45, 2.75) is 57.1 Å². The summed E-state index contributed by atoms with van der Waals surface area (Å²) in [5.74, 6) is 0. The van der Waals surface area contributed by atoms with Crippen LogP contribution in [0.1, 0.15) is 52.5 Å². The van der Waals surface area contributed by atoms with Gasteiger partial charge in [-0.3, -0.25) is 4.57 Å². The summed E-state index contributed by atoms with van der Waals surface area (Å²) in [6.45, 7) is 9.85. The lowest BCUT2D eigenvalue weighted by Crippen LogP contribution is -2.11. The third-order valence-corrected chi connectivity index (χ3v) is 12.2. The molecule has 0 aromatic heterocycles. The lowest BCUT2D eigenvalue weighted by atomic mass is 10.2. The predicted octanol–water partition coefficient (Wildman–Crippen LogP) is 6.83. The van der Waals surface area contributed by atoms with Crippen LogP contribution >= 0.6 is 25.8 Å². The molecule has 0 bridgehead atoms. The fourth-order valence-electron chi connectivity index (χ4n) is 2.61. The molecule has 1 rings (SSSR count). The van der Waals surface area contributed by atoms with Gasteiger partial charge in [0.1, 0.15) is 0 Å². The van der Waals surface area contributed by atoms with Crippen LogP contribution < -0.4 is 0 Å². The van der Waals surface area contributed by atoms with Crippen molar-refractivity contribution in [2.24, 2.45) is 0 Å². The highest BCUT2D eigenvalue weighted by Gasteiger charge is 2.48. The lowest BCUT2D eigenvalue weighted by molar-refractivity contribution is 0.210. The summed E-state index contributed by atoms with van der Waals surface area (Å²) in [6, 6.07) is 7.87. The zero-order valence-corrected chi connectivity index (χ0v) is 20.5. The largest absolute Gasteiger partial charge is 0.347 e. The van der Waals surface area contributed by atoms with Crippen LogP contribution in [0.3, 0.4) is 0 Å². The maximum absolute atomic E-state index is 13.7. The van der Waals surface area contributed by atoms with E-state index < -0.39 is 19.5 Å². The van der Waals surface area contributed by atoms with E-state index in [0.717, 1.165) is 10.5 Å². The molecule has 0 radical (unpaired) electrons. The molecule has 0 saturated carbocycles. The maximum Gasteiger partial charge on any atom is 0.347 e. The summed E-state index contributed by atoms with van der Waals surface area (Å²) >= 11 is 7.58. The quantitative estimate of drug-likeness (QED) is 0.239. The van der Waals surface area contributed by atoms with Gasteiger partial charge >= 0.3 is 7.60 Å². The van der Waals surface area contributed by atoms with Gasteiger partial charge in [-0.05, 0) is 57.2 Å². The van der Waals surface area contributed by atoms with Crippen LogP contribution in [0.4, 0.5) is 0 Å². The Morgan fingerprint density at radius 3 is 1.70 bits per heavy atom. The minimum Gasteiger partial charge on any atom is -0.329 e. The van der Waals surface area contributed by atoms with Crippen molar-refractivity contribution in [3.63, 3.8) is 0 Å². The number of hydrogen-bond donors (Lipinski definition) is 0. The average molecular weight is 455 g/mol. The van der Waals surface area contributed by atoms with E-state index in [4.69, 9.17) is 29.9 Å². The van der Waals surface area contributed by atoms with E-state index in [1.807, 2.05) is 38.1 Å². The fourth-order valence-corrected chi connectivity index (χ4v) is 10.9. The smallest absolute Gasteiger partial charge is 0.329 e. The minimum absolute atomic E-state index is 0.253. The van der Waals surface area contributed by atoms with Crippen LogP contribution in [-0.2, 0) is 34.5 Å². The van der Waals surface area contributed by atoms with Crippen LogP contribution in [0.5, 0.6) is 0 Å². The summed E-state index contributed by atoms with van der Waals surface area (Å²) < 4.78 is 36.8. The Balaban J connectivity index is 3.48. The molecule has 1 aromatic rings. The molecule has 0 aliphatic carbocycles. The standard InChI is InChI=1S/C18H32O5P2S2/c1-7-20-24(19,21-8-2)18(25(26,22-9-3)23-10-4)16-11-13-17(14-12-16)27-15(5)6/h11-15,18H,7-10H2,1-6H3. The van der Waals surface area contributed by atoms with Crippen LogP contribution in [0.15, 0.2) is 29.2 Å².